The molecule has 2 heterocycles. The number of nitrogens with one attached hydrogen (secondary N) is 1. The molecule has 1 aliphatic rings. The summed E-state index contributed by atoms with van der Waals surface area (Å²) in [7, 11) is 0. The Kier molecular flexibility index (Phi) is 6.69. The highest BCUT2D eigenvalue weighted by molar-refractivity contribution is 5.82. The second kappa shape index (κ2) is 9.81. The number of carbonyl (C=O) groups is 2. The summed E-state index contributed by atoms with van der Waals surface area (Å²) in [5.74, 6) is -0.0967. The molecule has 1 aliphatic heterocycles. The van der Waals surface area contributed by atoms with Crippen LogP contribution in [0.25, 0.3) is 16.9 Å². The summed E-state index contributed by atoms with van der Waals surface area (Å²) in [6.07, 6.45) is 3.65. The first-order valence-corrected chi connectivity index (χ1v) is 11.3. The van der Waals surface area contributed by atoms with Crippen LogP contribution in [0.4, 0.5) is 0 Å². The van der Waals surface area contributed by atoms with Crippen molar-refractivity contribution in [1.82, 2.24) is 20.0 Å². The molecule has 0 saturated carbocycles. The molecule has 1 saturated heterocycles. The summed E-state index contributed by atoms with van der Waals surface area (Å²) in [5.41, 5.74) is 3.80. The number of nitrogens with zero attached hydrogens (tertiary/aromatic N) is 3. The van der Waals surface area contributed by atoms with Gasteiger partial charge in [-0.1, -0.05) is 62.4 Å². The minimum absolute atomic E-state index is 0.00210. The van der Waals surface area contributed by atoms with Gasteiger partial charge in [-0.25, -0.2) is 4.68 Å². The van der Waals surface area contributed by atoms with Gasteiger partial charge >= 0.3 is 0 Å². The molecule has 0 aliphatic carbocycles. The van der Waals surface area contributed by atoms with Crippen molar-refractivity contribution in [2.45, 2.75) is 33.2 Å². The summed E-state index contributed by atoms with van der Waals surface area (Å²) in [4.78, 5) is 27.2. The minimum atomic E-state index is -0.171. The maximum atomic E-state index is 13.0. The van der Waals surface area contributed by atoms with Crippen LogP contribution < -0.4 is 5.32 Å². The van der Waals surface area contributed by atoms with Gasteiger partial charge in [-0.3, -0.25) is 9.59 Å². The first-order chi connectivity index (χ1) is 15.5. The zero-order valence-corrected chi connectivity index (χ0v) is 18.7. The lowest BCUT2D eigenvalue weighted by Gasteiger charge is -2.33. The summed E-state index contributed by atoms with van der Waals surface area (Å²) in [6, 6.07) is 20.0. The molecule has 0 spiro atoms. The average Bonchev–Trinajstić information content (AvgIpc) is 3.27. The normalized spacial score (nSPS) is 16.2. The molecule has 1 N–H and O–H groups in total. The number of likely N-dealkylation sites (tertiary alicyclic amines) is 1. The van der Waals surface area contributed by atoms with Crippen LogP contribution >= 0.6 is 0 Å². The number of hydrogen-bond donors (Lipinski definition) is 1. The fraction of sp³-hybridized carbons (Fsp3) is 0.346. The Labute approximate surface area is 189 Å². The smallest absolute Gasteiger partial charge is 0.225 e. The Hall–Kier alpha value is -3.41. The number of benzene rings is 2. The highest BCUT2D eigenvalue weighted by Gasteiger charge is 2.29. The Morgan fingerprint density at radius 3 is 2.44 bits per heavy atom. The van der Waals surface area contributed by atoms with E-state index < -0.39 is 0 Å². The van der Waals surface area contributed by atoms with E-state index >= 15 is 0 Å². The third-order valence-electron chi connectivity index (χ3n) is 5.91. The van der Waals surface area contributed by atoms with Crippen LogP contribution in [0.15, 0.2) is 66.9 Å². The number of piperidine rings is 1. The fourth-order valence-electron chi connectivity index (χ4n) is 4.17. The van der Waals surface area contributed by atoms with Gasteiger partial charge in [0.15, 0.2) is 0 Å². The van der Waals surface area contributed by atoms with E-state index in [-0.39, 0.29) is 23.7 Å². The molecule has 32 heavy (non-hydrogen) atoms. The molecular weight excluding hydrogens is 400 g/mol. The standard InChI is InChI=1S/C26H30N4O2/c1-19(2)26(32)29-15-9-12-21(17-29)25(31)27-16-22-18-30(23-13-7-4-8-14-23)28-24(22)20-10-5-3-6-11-20/h3-8,10-11,13-14,18-19,21H,9,12,15-17H2,1-2H3,(H,27,31). The van der Waals surface area contributed by atoms with Crippen LogP contribution in [0.1, 0.15) is 32.3 Å². The molecule has 1 atom stereocenters. The maximum Gasteiger partial charge on any atom is 0.225 e. The van der Waals surface area contributed by atoms with Crippen LogP contribution in [-0.4, -0.2) is 39.6 Å². The molecule has 166 valence electrons. The number of carbonyl (C=O) groups excluding carboxylic acids is 2. The third kappa shape index (κ3) is 4.90. The molecule has 6 nitrogen and oxygen atoms in total. The summed E-state index contributed by atoms with van der Waals surface area (Å²) >= 11 is 0. The van der Waals surface area contributed by atoms with E-state index in [1.165, 1.54) is 0 Å². The lowest BCUT2D eigenvalue weighted by molar-refractivity contribution is -0.138. The lowest BCUT2D eigenvalue weighted by Crippen LogP contribution is -2.46. The van der Waals surface area contributed by atoms with Crippen molar-refractivity contribution in [2.24, 2.45) is 11.8 Å². The number of para-hydroxylation sites is 1. The lowest BCUT2D eigenvalue weighted by atomic mass is 9.96. The predicted molar refractivity (Wildman–Crippen MR) is 125 cm³/mol. The van der Waals surface area contributed by atoms with Crippen LogP contribution in [0.3, 0.4) is 0 Å². The summed E-state index contributed by atoms with van der Waals surface area (Å²) in [5, 5.41) is 7.91. The molecular formula is C26H30N4O2. The van der Waals surface area contributed by atoms with E-state index in [1.807, 2.05) is 90.3 Å². The monoisotopic (exact) mass is 430 g/mol. The molecule has 6 heteroatoms. The maximum absolute atomic E-state index is 13.0. The topological polar surface area (TPSA) is 67.2 Å². The molecule has 0 bridgehead atoms. The molecule has 2 aromatic carbocycles. The van der Waals surface area contributed by atoms with Crippen LogP contribution in [0, 0.1) is 11.8 Å². The van der Waals surface area contributed by atoms with Gasteiger partial charge in [0, 0.05) is 42.9 Å². The Bertz CT molecular complexity index is 1060. The third-order valence-corrected chi connectivity index (χ3v) is 5.91. The van der Waals surface area contributed by atoms with E-state index in [1.54, 1.807) is 0 Å². The molecule has 3 aromatic rings. The SMILES string of the molecule is CC(C)C(=O)N1CCCC(C(=O)NCc2cn(-c3ccccc3)nc2-c2ccccc2)C1. The van der Waals surface area contributed by atoms with Crippen molar-refractivity contribution >= 4 is 11.8 Å². The van der Waals surface area contributed by atoms with Crippen molar-refractivity contribution in [2.75, 3.05) is 13.1 Å². The molecule has 1 fully saturated rings. The zero-order chi connectivity index (χ0) is 22.5. The predicted octanol–water partition coefficient (Wildman–Crippen LogP) is 4.05. The largest absolute Gasteiger partial charge is 0.352 e. The van der Waals surface area contributed by atoms with Crippen molar-refractivity contribution in [3.63, 3.8) is 0 Å². The summed E-state index contributed by atoms with van der Waals surface area (Å²) < 4.78 is 1.85. The van der Waals surface area contributed by atoms with Gasteiger partial charge in [-0.2, -0.15) is 5.10 Å². The van der Waals surface area contributed by atoms with E-state index in [2.05, 4.69) is 5.32 Å². The second-order valence-corrected chi connectivity index (χ2v) is 8.64. The van der Waals surface area contributed by atoms with E-state index in [4.69, 9.17) is 5.10 Å². The average molecular weight is 431 g/mol. The van der Waals surface area contributed by atoms with E-state index in [9.17, 15) is 9.59 Å². The minimum Gasteiger partial charge on any atom is -0.352 e. The first kappa shape index (κ1) is 21.8. The van der Waals surface area contributed by atoms with Gasteiger partial charge in [0.2, 0.25) is 11.8 Å². The number of rotatable bonds is 6. The van der Waals surface area contributed by atoms with E-state index in [0.717, 1.165) is 41.9 Å². The first-order valence-electron chi connectivity index (χ1n) is 11.3. The molecule has 1 aromatic heterocycles. The van der Waals surface area contributed by atoms with Crippen LogP contribution in [0.5, 0.6) is 0 Å². The van der Waals surface area contributed by atoms with Gasteiger partial charge in [-0.15, -0.1) is 0 Å². The van der Waals surface area contributed by atoms with Gasteiger partial charge < -0.3 is 10.2 Å². The number of aromatic nitrogens is 2. The molecule has 1 unspecified atom stereocenters. The van der Waals surface area contributed by atoms with Crippen LogP contribution in [0.2, 0.25) is 0 Å². The quantitative estimate of drug-likeness (QED) is 0.642. The Morgan fingerprint density at radius 2 is 1.75 bits per heavy atom. The Balaban J connectivity index is 1.50. The second-order valence-electron chi connectivity index (χ2n) is 8.64. The Morgan fingerprint density at radius 1 is 1.06 bits per heavy atom. The zero-order valence-electron chi connectivity index (χ0n) is 18.7. The van der Waals surface area contributed by atoms with Crippen LogP contribution in [-0.2, 0) is 16.1 Å². The van der Waals surface area contributed by atoms with Gasteiger partial charge in [0.05, 0.1) is 17.3 Å². The van der Waals surface area contributed by atoms with E-state index in [0.29, 0.717) is 13.1 Å². The van der Waals surface area contributed by atoms with Crippen molar-refractivity contribution in [3.8, 4) is 16.9 Å². The number of amides is 2. The fourth-order valence-corrected chi connectivity index (χ4v) is 4.17. The molecule has 4 rings (SSSR count). The number of hydrogen-bond acceptors (Lipinski definition) is 3. The summed E-state index contributed by atoms with van der Waals surface area (Å²) in [6.45, 7) is 5.44. The van der Waals surface area contributed by atoms with Gasteiger partial charge in [0.25, 0.3) is 0 Å². The highest BCUT2D eigenvalue weighted by Crippen LogP contribution is 2.24. The van der Waals surface area contributed by atoms with Crippen molar-refractivity contribution in [3.05, 3.63) is 72.4 Å². The molecule has 2 amide bonds. The molecule has 0 radical (unpaired) electrons. The van der Waals surface area contributed by atoms with Crippen molar-refractivity contribution < 1.29 is 9.59 Å². The van der Waals surface area contributed by atoms with Gasteiger partial charge in [0.1, 0.15) is 0 Å². The van der Waals surface area contributed by atoms with Gasteiger partial charge in [-0.05, 0) is 25.0 Å². The highest BCUT2D eigenvalue weighted by atomic mass is 16.2. The van der Waals surface area contributed by atoms with Crippen molar-refractivity contribution in [1.29, 1.82) is 0 Å².